The van der Waals surface area contributed by atoms with Crippen molar-refractivity contribution in [2.24, 2.45) is 0 Å². The molecule has 0 saturated heterocycles. The van der Waals surface area contributed by atoms with Crippen LogP contribution in [0.1, 0.15) is 23.6 Å². The van der Waals surface area contributed by atoms with Crippen molar-refractivity contribution in [1.29, 1.82) is 0 Å². The standard InChI is InChI=1S/C19H23NO4/c1-22-17-10-9-14(11-18(17)23-2)13-20-16(12-19(21)24-3)15-7-5-4-6-8-15/h4-11,16,20H,12-13H2,1-3H3. The summed E-state index contributed by atoms with van der Waals surface area (Å²) in [5.41, 5.74) is 2.09. The molecule has 5 nitrogen and oxygen atoms in total. The van der Waals surface area contributed by atoms with Crippen molar-refractivity contribution in [3.63, 3.8) is 0 Å². The molecule has 24 heavy (non-hydrogen) atoms. The fourth-order valence-electron chi connectivity index (χ4n) is 2.47. The Balaban J connectivity index is 2.11. The van der Waals surface area contributed by atoms with E-state index < -0.39 is 0 Å². The molecule has 128 valence electrons. The minimum atomic E-state index is -0.247. The zero-order valence-corrected chi connectivity index (χ0v) is 14.2. The van der Waals surface area contributed by atoms with Gasteiger partial charge < -0.3 is 19.5 Å². The Morgan fingerprint density at radius 3 is 2.33 bits per heavy atom. The first-order chi connectivity index (χ1) is 11.7. The Morgan fingerprint density at radius 1 is 1.00 bits per heavy atom. The summed E-state index contributed by atoms with van der Waals surface area (Å²) in [5, 5.41) is 3.41. The molecule has 0 amide bonds. The number of rotatable bonds is 8. The molecule has 2 aromatic carbocycles. The van der Waals surface area contributed by atoms with Crippen LogP contribution in [0.3, 0.4) is 0 Å². The minimum Gasteiger partial charge on any atom is -0.493 e. The van der Waals surface area contributed by atoms with Crippen LogP contribution in [0.5, 0.6) is 11.5 Å². The smallest absolute Gasteiger partial charge is 0.307 e. The maximum absolute atomic E-state index is 11.7. The van der Waals surface area contributed by atoms with Crippen LogP contribution in [0, 0.1) is 0 Å². The molecule has 1 atom stereocenters. The maximum atomic E-state index is 11.7. The van der Waals surface area contributed by atoms with Gasteiger partial charge in [0.2, 0.25) is 0 Å². The van der Waals surface area contributed by atoms with E-state index in [1.165, 1.54) is 7.11 Å². The highest BCUT2D eigenvalue weighted by molar-refractivity contribution is 5.70. The summed E-state index contributed by atoms with van der Waals surface area (Å²) < 4.78 is 15.4. The number of carbonyl (C=O) groups excluding carboxylic acids is 1. The van der Waals surface area contributed by atoms with E-state index in [1.807, 2.05) is 48.5 Å². The first-order valence-electron chi connectivity index (χ1n) is 7.74. The summed E-state index contributed by atoms with van der Waals surface area (Å²) in [7, 11) is 4.62. The Labute approximate surface area is 142 Å². The van der Waals surface area contributed by atoms with Gasteiger partial charge in [-0.3, -0.25) is 4.79 Å². The van der Waals surface area contributed by atoms with E-state index in [1.54, 1.807) is 14.2 Å². The zero-order valence-electron chi connectivity index (χ0n) is 14.2. The van der Waals surface area contributed by atoms with Gasteiger partial charge in [0, 0.05) is 12.6 Å². The van der Waals surface area contributed by atoms with Crippen LogP contribution in [0.15, 0.2) is 48.5 Å². The molecule has 0 aromatic heterocycles. The summed E-state index contributed by atoms with van der Waals surface area (Å²) in [5.74, 6) is 1.13. The van der Waals surface area contributed by atoms with Crippen molar-refractivity contribution >= 4 is 5.97 Å². The minimum absolute atomic E-state index is 0.119. The monoisotopic (exact) mass is 329 g/mol. The summed E-state index contributed by atoms with van der Waals surface area (Å²) >= 11 is 0. The van der Waals surface area contributed by atoms with Gasteiger partial charge in [-0.05, 0) is 23.3 Å². The molecule has 0 fully saturated rings. The average Bonchev–Trinajstić information content (AvgIpc) is 2.65. The number of hydrogen-bond acceptors (Lipinski definition) is 5. The number of methoxy groups -OCH3 is 3. The Bertz CT molecular complexity index is 658. The highest BCUT2D eigenvalue weighted by Gasteiger charge is 2.16. The first kappa shape index (κ1) is 17.8. The van der Waals surface area contributed by atoms with Crippen LogP contribution >= 0.6 is 0 Å². The SMILES string of the molecule is COC(=O)CC(NCc1ccc(OC)c(OC)c1)c1ccccc1. The lowest BCUT2D eigenvalue weighted by Gasteiger charge is -2.19. The fraction of sp³-hybridized carbons (Fsp3) is 0.316. The van der Waals surface area contributed by atoms with Gasteiger partial charge in [-0.1, -0.05) is 36.4 Å². The Hall–Kier alpha value is -2.53. The van der Waals surface area contributed by atoms with Gasteiger partial charge in [0.05, 0.1) is 27.8 Å². The van der Waals surface area contributed by atoms with Crippen LogP contribution in [0.4, 0.5) is 0 Å². The van der Waals surface area contributed by atoms with E-state index in [-0.39, 0.29) is 18.4 Å². The van der Waals surface area contributed by atoms with Crippen LogP contribution in [-0.2, 0) is 16.1 Å². The molecule has 5 heteroatoms. The molecule has 0 aliphatic rings. The van der Waals surface area contributed by atoms with Crippen LogP contribution in [-0.4, -0.2) is 27.3 Å². The largest absolute Gasteiger partial charge is 0.493 e. The van der Waals surface area contributed by atoms with E-state index in [0.29, 0.717) is 18.0 Å². The molecule has 0 heterocycles. The molecular formula is C19H23NO4. The zero-order chi connectivity index (χ0) is 17.4. The van der Waals surface area contributed by atoms with Crippen molar-refractivity contribution in [2.45, 2.75) is 19.0 Å². The van der Waals surface area contributed by atoms with Crippen LogP contribution in [0.2, 0.25) is 0 Å². The van der Waals surface area contributed by atoms with Gasteiger partial charge in [0.25, 0.3) is 0 Å². The van der Waals surface area contributed by atoms with E-state index in [0.717, 1.165) is 11.1 Å². The number of benzene rings is 2. The van der Waals surface area contributed by atoms with Gasteiger partial charge in [-0.25, -0.2) is 0 Å². The Kier molecular flexibility index (Phi) is 6.63. The lowest BCUT2D eigenvalue weighted by molar-refractivity contribution is -0.141. The second-order valence-electron chi connectivity index (χ2n) is 5.31. The number of carbonyl (C=O) groups is 1. The van der Waals surface area contributed by atoms with Crippen LogP contribution < -0.4 is 14.8 Å². The lowest BCUT2D eigenvalue weighted by atomic mass is 10.0. The molecule has 2 rings (SSSR count). The normalized spacial score (nSPS) is 11.6. The molecule has 2 aromatic rings. The first-order valence-corrected chi connectivity index (χ1v) is 7.74. The van der Waals surface area contributed by atoms with Gasteiger partial charge in [-0.15, -0.1) is 0 Å². The number of esters is 1. The molecule has 0 saturated carbocycles. The van der Waals surface area contributed by atoms with Crippen molar-refractivity contribution in [3.05, 3.63) is 59.7 Å². The lowest BCUT2D eigenvalue weighted by Crippen LogP contribution is -2.24. The van der Waals surface area contributed by atoms with E-state index in [2.05, 4.69) is 5.32 Å². The molecular weight excluding hydrogens is 306 g/mol. The van der Waals surface area contributed by atoms with Crippen molar-refractivity contribution in [3.8, 4) is 11.5 Å². The third-order valence-electron chi connectivity index (χ3n) is 3.80. The van der Waals surface area contributed by atoms with E-state index in [9.17, 15) is 4.79 Å². The van der Waals surface area contributed by atoms with Crippen molar-refractivity contribution in [2.75, 3.05) is 21.3 Å². The average molecular weight is 329 g/mol. The number of ether oxygens (including phenoxy) is 3. The summed E-state index contributed by atoms with van der Waals surface area (Å²) in [6.45, 7) is 0.594. The van der Waals surface area contributed by atoms with Crippen molar-refractivity contribution in [1.82, 2.24) is 5.32 Å². The fourth-order valence-corrected chi connectivity index (χ4v) is 2.47. The highest BCUT2D eigenvalue weighted by atomic mass is 16.5. The maximum Gasteiger partial charge on any atom is 0.307 e. The molecule has 0 radical (unpaired) electrons. The highest BCUT2D eigenvalue weighted by Crippen LogP contribution is 2.28. The summed E-state index contributed by atoms with van der Waals surface area (Å²) in [6.07, 6.45) is 0.272. The Morgan fingerprint density at radius 2 is 1.71 bits per heavy atom. The van der Waals surface area contributed by atoms with Gasteiger partial charge in [0.15, 0.2) is 11.5 Å². The molecule has 0 aliphatic heterocycles. The molecule has 1 N–H and O–H groups in total. The molecule has 0 spiro atoms. The molecule has 0 bridgehead atoms. The third kappa shape index (κ3) is 4.73. The van der Waals surface area contributed by atoms with Crippen LogP contribution in [0.25, 0.3) is 0 Å². The second-order valence-corrected chi connectivity index (χ2v) is 5.31. The topological polar surface area (TPSA) is 56.8 Å². The second kappa shape index (κ2) is 8.93. The van der Waals surface area contributed by atoms with E-state index in [4.69, 9.17) is 14.2 Å². The summed E-state index contributed by atoms with van der Waals surface area (Å²) in [6, 6.07) is 15.5. The van der Waals surface area contributed by atoms with E-state index >= 15 is 0 Å². The van der Waals surface area contributed by atoms with Crippen molar-refractivity contribution < 1.29 is 19.0 Å². The van der Waals surface area contributed by atoms with Gasteiger partial charge in [-0.2, -0.15) is 0 Å². The summed E-state index contributed by atoms with van der Waals surface area (Å²) in [4.78, 5) is 11.7. The number of hydrogen-bond donors (Lipinski definition) is 1. The molecule has 1 unspecified atom stereocenters. The van der Waals surface area contributed by atoms with Gasteiger partial charge >= 0.3 is 5.97 Å². The number of nitrogens with one attached hydrogen (secondary N) is 1. The third-order valence-corrected chi connectivity index (χ3v) is 3.80. The molecule has 0 aliphatic carbocycles. The predicted molar refractivity (Wildman–Crippen MR) is 92.2 cm³/mol. The predicted octanol–water partition coefficient (Wildman–Crippen LogP) is 3.10. The van der Waals surface area contributed by atoms with Gasteiger partial charge in [0.1, 0.15) is 0 Å². The quantitative estimate of drug-likeness (QED) is 0.754.